The van der Waals surface area contributed by atoms with Crippen LogP contribution in [0.25, 0.3) is 0 Å². The van der Waals surface area contributed by atoms with Gasteiger partial charge in [-0.1, -0.05) is 0 Å². The van der Waals surface area contributed by atoms with Crippen LogP contribution in [0.4, 0.5) is 0 Å². The van der Waals surface area contributed by atoms with E-state index in [9.17, 15) is 9.59 Å². The lowest BCUT2D eigenvalue weighted by Crippen LogP contribution is -2.32. The maximum atomic E-state index is 10.8. The van der Waals surface area contributed by atoms with E-state index >= 15 is 0 Å². The van der Waals surface area contributed by atoms with Crippen LogP contribution in [-0.4, -0.2) is 58.6 Å². The molecule has 0 aromatic heterocycles. The van der Waals surface area contributed by atoms with Crippen molar-refractivity contribution in [2.45, 2.75) is 18.9 Å². The molecule has 0 aliphatic rings. The summed E-state index contributed by atoms with van der Waals surface area (Å²) in [6.45, 7) is 1.11. The second-order valence-electron chi connectivity index (χ2n) is 3.56. The lowest BCUT2D eigenvalue weighted by Gasteiger charge is -2.12. The average Bonchev–Trinajstić information content (AvgIpc) is 2.38. The van der Waals surface area contributed by atoms with Gasteiger partial charge >= 0.3 is 11.9 Å². The van der Waals surface area contributed by atoms with Gasteiger partial charge in [0.25, 0.3) is 0 Å². The van der Waals surface area contributed by atoms with Crippen molar-refractivity contribution in [2.24, 2.45) is 5.73 Å². The largest absolute Gasteiger partial charge is 0.469 e. The molecule has 0 bridgehead atoms. The molecule has 0 aliphatic carbocycles. The molecule has 106 valence electrons. The molecule has 0 saturated carbocycles. The molecule has 0 amide bonds. The first-order valence-electron chi connectivity index (χ1n) is 5.64. The fourth-order valence-electron chi connectivity index (χ4n) is 1.03. The lowest BCUT2D eigenvalue weighted by atomic mass is 10.3. The predicted molar refractivity (Wildman–Crippen MR) is 62.9 cm³/mol. The number of nitrogens with two attached hydrogens (primary N) is 1. The van der Waals surface area contributed by atoms with Crippen LogP contribution in [0.3, 0.4) is 0 Å². The quantitative estimate of drug-likeness (QED) is 0.418. The zero-order valence-electron chi connectivity index (χ0n) is 10.8. The molecule has 0 aromatic rings. The van der Waals surface area contributed by atoms with Crippen molar-refractivity contribution in [1.29, 1.82) is 0 Å². The Hall–Kier alpha value is -1.18. The first-order chi connectivity index (χ1) is 8.60. The van der Waals surface area contributed by atoms with Gasteiger partial charge in [-0.3, -0.25) is 9.59 Å². The van der Waals surface area contributed by atoms with Crippen LogP contribution in [0.15, 0.2) is 0 Å². The van der Waals surface area contributed by atoms with Crippen molar-refractivity contribution in [3.63, 3.8) is 0 Å². The molecule has 0 aromatic carbocycles. The van der Waals surface area contributed by atoms with Gasteiger partial charge in [0.15, 0.2) is 0 Å². The van der Waals surface area contributed by atoms with Gasteiger partial charge in [0, 0.05) is 0 Å². The minimum atomic E-state index is -0.321. The smallest absolute Gasteiger partial charge is 0.307 e. The van der Waals surface area contributed by atoms with Gasteiger partial charge in [0.2, 0.25) is 0 Å². The number of hydrogen-bond donors (Lipinski definition) is 1. The molecule has 18 heavy (non-hydrogen) atoms. The Kier molecular flexibility index (Phi) is 10.2. The predicted octanol–water partition coefficient (Wildman–Crippen LogP) is -0.527. The van der Waals surface area contributed by atoms with E-state index in [1.807, 2.05) is 0 Å². The summed E-state index contributed by atoms with van der Waals surface area (Å²) in [4.78, 5) is 21.5. The Morgan fingerprint density at radius 3 is 1.67 bits per heavy atom. The van der Waals surface area contributed by atoms with Gasteiger partial charge in [-0.25, -0.2) is 0 Å². The molecule has 0 aliphatic heterocycles. The number of carbonyl (C=O) groups excluding carboxylic acids is 2. The molecule has 0 atom stereocenters. The van der Waals surface area contributed by atoms with Crippen molar-refractivity contribution in [1.82, 2.24) is 0 Å². The maximum absolute atomic E-state index is 10.8. The molecule has 7 heteroatoms. The molecular formula is C11H21NO6. The van der Waals surface area contributed by atoms with Gasteiger partial charge in [0.1, 0.15) is 0 Å². The van der Waals surface area contributed by atoms with E-state index in [4.69, 9.17) is 15.2 Å². The Bertz CT molecular complexity index is 222. The third kappa shape index (κ3) is 10.0. The average molecular weight is 263 g/mol. The van der Waals surface area contributed by atoms with E-state index in [1.165, 1.54) is 14.2 Å². The molecule has 2 N–H and O–H groups in total. The summed E-state index contributed by atoms with van der Waals surface area (Å²) in [5, 5.41) is 0. The number of methoxy groups -OCH3 is 2. The Morgan fingerprint density at radius 1 is 0.944 bits per heavy atom. The Labute approximate surface area is 107 Å². The lowest BCUT2D eigenvalue weighted by molar-refractivity contribution is -0.142. The number of hydrogen-bond acceptors (Lipinski definition) is 7. The molecule has 0 heterocycles. The first-order valence-corrected chi connectivity index (χ1v) is 5.64. The third-order valence-corrected chi connectivity index (χ3v) is 2.02. The highest BCUT2D eigenvalue weighted by atomic mass is 16.5. The first kappa shape index (κ1) is 16.8. The van der Waals surface area contributed by atoms with E-state index < -0.39 is 0 Å². The minimum Gasteiger partial charge on any atom is -0.469 e. The van der Waals surface area contributed by atoms with Crippen LogP contribution < -0.4 is 5.73 Å². The van der Waals surface area contributed by atoms with Crippen molar-refractivity contribution < 1.29 is 28.5 Å². The number of carbonyl (C=O) groups is 2. The van der Waals surface area contributed by atoms with Crippen molar-refractivity contribution in [3.05, 3.63) is 0 Å². The van der Waals surface area contributed by atoms with Gasteiger partial charge in [-0.05, 0) is 0 Å². The second kappa shape index (κ2) is 10.9. The number of rotatable bonds is 10. The number of esters is 2. The van der Waals surface area contributed by atoms with Gasteiger partial charge in [-0.15, -0.1) is 0 Å². The highest BCUT2D eigenvalue weighted by molar-refractivity contribution is 5.69. The summed E-state index contributed by atoms with van der Waals surface area (Å²) in [6.07, 6.45) is 0.402. The maximum Gasteiger partial charge on any atom is 0.307 e. The summed E-state index contributed by atoms with van der Waals surface area (Å²) in [6, 6.07) is -0.291. The topological polar surface area (TPSA) is 97.1 Å². The summed E-state index contributed by atoms with van der Waals surface area (Å²) >= 11 is 0. The van der Waals surface area contributed by atoms with Crippen LogP contribution in [0.2, 0.25) is 0 Å². The van der Waals surface area contributed by atoms with Gasteiger partial charge in [0.05, 0.1) is 59.5 Å². The molecule has 0 radical (unpaired) electrons. The summed E-state index contributed by atoms with van der Waals surface area (Å²) in [7, 11) is 2.65. The monoisotopic (exact) mass is 263 g/mol. The fraction of sp³-hybridized carbons (Fsp3) is 0.818. The molecule has 0 saturated heterocycles. The Balaban J connectivity index is 3.35. The summed E-state index contributed by atoms with van der Waals surface area (Å²) in [5.41, 5.74) is 5.69. The van der Waals surface area contributed by atoms with Crippen LogP contribution in [0.5, 0.6) is 0 Å². The second-order valence-corrected chi connectivity index (χ2v) is 3.56. The highest BCUT2D eigenvalue weighted by Crippen LogP contribution is 1.91. The van der Waals surface area contributed by atoms with E-state index in [2.05, 4.69) is 9.47 Å². The molecule has 7 nitrogen and oxygen atoms in total. The molecule has 0 rings (SSSR count). The fourth-order valence-corrected chi connectivity index (χ4v) is 1.03. The van der Waals surface area contributed by atoms with Crippen LogP contribution in [0.1, 0.15) is 12.8 Å². The van der Waals surface area contributed by atoms with E-state index in [0.717, 1.165) is 0 Å². The molecule has 0 unspecified atom stereocenters. The third-order valence-electron chi connectivity index (χ3n) is 2.02. The van der Waals surface area contributed by atoms with E-state index in [0.29, 0.717) is 0 Å². The number of ether oxygens (including phenoxy) is 4. The summed E-state index contributed by atoms with van der Waals surface area (Å²) in [5.74, 6) is -0.643. The van der Waals surface area contributed by atoms with E-state index in [1.54, 1.807) is 0 Å². The highest BCUT2D eigenvalue weighted by Gasteiger charge is 2.06. The normalized spacial score (nSPS) is 10.4. The molecule has 0 spiro atoms. The van der Waals surface area contributed by atoms with E-state index in [-0.39, 0.29) is 57.2 Å². The minimum absolute atomic E-state index is 0.201. The Morgan fingerprint density at radius 2 is 1.33 bits per heavy atom. The van der Waals surface area contributed by atoms with Crippen LogP contribution >= 0.6 is 0 Å². The van der Waals surface area contributed by atoms with Gasteiger partial charge < -0.3 is 24.7 Å². The zero-order valence-corrected chi connectivity index (χ0v) is 10.8. The summed E-state index contributed by atoms with van der Waals surface area (Å²) < 4.78 is 19.2. The van der Waals surface area contributed by atoms with Crippen molar-refractivity contribution in [3.8, 4) is 0 Å². The van der Waals surface area contributed by atoms with Crippen molar-refractivity contribution in [2.75, 3.05) is 40.6 Å². The standard InChI is InChI=1S/C11H21NO6/c1-15-10(13)3-5-17-7-9(12)8-18-6-4-11(14)16-2/h9H,3-8,12H2,1-2H3. The van der Waals surface area contributed by atoms with Crippen LogP contribution in [0, 0.1) is 0 Å². The van der Waals surface area contributed by atoms with Crippen molar-refractivity contribution >= 4 is 11.9 Å². The molecular weight excluding hydrogens is 242 g/mol. The zero-order chi connectivity index (χ0) is 13.8. The van der Waals surface area contributed by atoms with Crippen LogP contribution in [-0.2, 0) is 28.5 Å². The van der Waals surface area contributed by atoms with Gasteiger partial charge in [-0.2, -0.15) is 0 Å². The SMILES string of the molecule is COC(=O)CCOCC(N)COCCC(=O)OC. The molecule has 0 fully saturated rings.